The number of benzene rings is 1. The van der Waals surface area contributed by atoms with Crippen LogP contribution in [0.4, 0.5) is 0 Å². The largest absolute Gasteiger partial charge is 0.496 e. The third kappa shape index (κ3) is 3.55. The van der Waals surface area contributed by atoms with Crippen LogP contribution in [0.25, 0.3) is 0 Å². The number of amides is 1. The zero-order chi connectivity index (χ0) is 12.0. The Morgan fingerprint density at radius 2 is 2.25 bits per heavy atom. The lowest BCUT2D eigenvalue weighted by Gasteiger charge is -2.07. The highest BCUT2D eigenvalue weighted by Crippen LogP contribution is 2.18. The number of carbonyl (C=O) groups excluding carboxylic acids is 1. The van der Waals surface area contributed by atoms with Crippen LogP contribution >= 0.6 is 0 Å². The molecule has 0 aromatic heterocycles. The summed E-state index contributed by atoms with van der Waals surface area (Å²) in [5.74, 6) is 0.522. The Kier molecular flexibility index (Phi) is 4.79. The van der Waals surface area contributed by atoms with Gasteiger partial charge in [0.25, 0.3) is 0 Å². The van der Waals surface area contributed by atoms with Crippen LogP contribution in [-0.4, -0.2) is 31.3 Å². The minimum Gasteiger partial charge on any atom is -0.496 e. The molecule has 0 aliphatic carbocycles. The number of ether oxygens (including phenoxy) is 1. The Balaban J connectivity index is 2.49. The smallest absolute Gasteiger partial charge is 0.245 e. The van der Waals surface area contributed by atoms with Crippen molar-refractivity contribution in [3.8, 4) is 5.75 Å². The molecular formula is C12H17NO3. The van der Waals surface area contributed by atoms with E-state index in [2.05, 4.69) is 5.32 Å². The van der Waals surface area contributed by atoms with Crippen molar-refractivity contribution >= 4 is 5.91 Å². The van der Waals surface area contributed by atoms with Gasteiger partial charge < -0.3 is 15.2 Å². The fraction of sp³-hybridized carbons (Fsp3) is 0.417. The second-order valence-corrected chi connectivity index (χ2v) is 3.56. The average Bonchev–Trinajstić information content (AvgIpc) is 2.29. The Morgan fingerprint density at radius 1 is 1.50 bits per heavy atom. The first-order valence-electron chi connectivity index (χ1n) is 5.18. The van der Waals surface area contributed by atoms with Crippen molar-refractivity contribution in [2.24, 2.45) is 0 Å². The van der Waals surface area contributed by atoms with Crippen molar-refractivity contribution in [3.05, 3.63) is 29.3 Å². The molecule has 0 unspecified atom stereocenters. The van der Waals surface area contributed by atoms with Gasteiger partial charge in [-0.2, -0.15) is 0 Å². The summed E-state index contributed by atoms with van der Waals surface area (Å²) in [6.07, 6.45) is 0.747. The fourth-order valence-electron chi connectivity index (χ4n) is 1.50. The molecule has 1 aromatic carbocycles. The van der Waals surface area contributed by atoms with E-state index in [4.69, 9.17) is 9.84 Å². The normalized spacial score (nSPS) is 9.94. The van der Waals surface area contributed by atoms with E-state index in [1.807, 2.05) is 25.1 Å². The quantitative estimate of drug-likeness (QED) is 0.770. The Morgan fingerprint density at radius 3 is 2.81 bits per heavy atom. The number of aliphatic hydroxyl groups is 1. The molecule has 0 spiro atoms. The second-order valence-electron chi connectivity index (χ2n) is 3.56. The molecule has 0 saturated carbocycles. The highest BCUT2D eigenvalue weighted by molar-refractivity contribution is 5.76. The predicted octanol–water partition coefficient (Wildman–Crippen LogP) is 0.655. The van der Waals surface area contributed by atoms with E-state index >= 15 is 0 Å². The summed E-state index contributed by atoms with van der Waals surface area (Å²) < 4.78 is 5.16. The molecule has 4 heteroatoms. The van der Waals surface area contributed by atoms with Crippen LogP contribution < -0.4 is 10.1 Å². The lowest BCUT2D eigenvalue weighted by atomic mass is 10.1. The standard InChI is InChI=1S/C12H17NO3/c1-9-7-10(3-4-11(9)16-2)5-6-13-12(15)8-14/h3-4,7,14H,5-6,8H2,1-2H3,(H,13,15). The van der Waals surface area contributed by atoms with E-state index < -0.39 is 6.61 Å². The summed E-state index contributed by atoms with van der Waals surface area (Å²) in [5, 5.41) is 11.1. The number of aryl methyl sites for hydroxylation is 1. The van der Waals surface area contributed by atoms with Gasteiger partial charge in [0.1, 0.15) is 12.4 Å². The summed E-state index contributed by atoms with van der Waals surface area (Å²) in [6.45, 7) is 2.06. The molecule has 0 aliphatic heterocycles. The minimum atomic E-state index is -0.457. The summed E-state index contributed by atoms with van der Waals surface area (Å²) >= 11 is 0. The van der Waals surface area contributed by atoms with Crippen molar-refractivity contribution in [1.82, 2.24) is 5.32 Å². The molecule has 0 aliphatic rings. The molecular weight excluding hydrogens is 206 g/mol. The second kappa shape index (κ2) is 6.12. The van der Waals surface area contributed by atoms with Gasteiger partial charge in [-0.05, 0) is 30.5 Å². The van der Waals surface area contributed by atoms with Gasteiger partial charge in [-0.3, -0.25) is 4.79 Å². The monoisotopic (exact) mass is 223 g/mol. The van der Waals surface area contributed by atoms with Crippen molar-refractivity contribution in [2.75, 3.05) is 20.3 Å². The Bertz CT molecular complexity index is 363. The molecule has 0 heterocycles. The molecule has 16 heavy (non-hydrogen) atoms. The first-order chi connectivity index (χ1) is 7.67. The van der Waals surface area contributed by atoms with Crippen LogP contribution in [-0.2, 0) is 11.2 Å². The van der Waals surface area contributed by atoms with Crippen LogP contribution in [0.3, 0.4) is 0 Å². The maximum absolute atomic E-state index is 10.8. The van der Waals surface area contributed by atoms with Gasteiger partial charge in [0.2, 0.25) is 5.91 Å². The third-order valence-electron chi connectivity index (χ3n) is 2.34. The molecule has 88 valence electrons. The number of rotatable bonds is 5. The van der Waals surface area contributed by atoms with Crippen LogP contribution in [0, 0.1) is 6.92 Å². The van der Waals surface area contributed by atoms with Crippen molar-refractivity contribution in [2.45, 2.75) is 13.3 Å². The number of aliphatic hydroxyl groups excluding tert-OH is 1. The van der Waals surface area contributed by atoms with Crippen molar-refractivity contribution in [1.29, 1.82) is 0 Å². The van der Waals surface area contributed by atoms with Gasteiger partial charge in [0, 0.05) is 6.54 Å². The number of methoxy groups -OCH3 is 1. The van der Waals surface area contributed by atoms with E-state index in [1.54, 1.807) is 7.11 Å². The van der Waals surface area contributed by atoms with Gasteiger partial charge in [-0.1, -0.05) is 12.1 Å². The van der Waals surface area contributed by atoms with E-state index in [-0.39, 0.29) is 5.91 Å². The van der Waals surface area contributed by atoms with Crippen LogP contribution in [0.1, 0.15) is 11.1 Å². The predicted molar refractivity (Wildman–Crippen MR) is 61.5 cm³/mol. The molecule has 0 saturated heterocycles. The molecule has 1 aromatic rings. The molecule has 2 N–H and O–H groups in total. The molecule has 4 nitrogen and oxygen atoms in total. The van der Waals surface area contributed by atoms with E-state index in [0.717, 1.165) is 23.3 Å². The van der Waals surface area contributed by atoms with Crippen LogP contribution in [0.5, 0.6) is 5.75 Å². The van der Waals surface area contributed by atoms with Gasteiger partial charge >= 0.3 is 0 Å². The molecule has 0 bridgehead atoms. The highest BCUT2D eigenvalue weighted by atomic mass is 16.5. The molecule has 1 amide bonds. The third-order valence-corrected chi connectivity index (χ3v) is 2.34. The lowest BCUT2D eigenvalue weighted by molar-refractivity contribution is -0.123. The Hall–Kier alpha value is -1.55. The first kappa shape index (κ1) is 12.5. The highest BCUT2D eigenvalue weighted by Gasteiger charge is 2.01. The zero-order valence-electron chi connectivity index (χ0n) is 9.62. The van der Waals surface area contributed by atoms with Gasteiger partial charge in [-0.15, -0.1) is 0 Å². The molecule has 0 fully saturated rings. The van der Waals surface area contributed by atoms with Gasteiger partial charge in [0.15, 0.2) is 0 Å². The number of hydrogen-bond donors (Lipinski definition) is 2. The fourth-order valence-corrected chi connectivity index (χ4v) is 1.50. The van der Waals surface area contributed by atoms with Crippen LogP contribution in [0.2, 0.25) is 0 Å². The molecule has 1 rings (SSSR count). The average molecular weight is 223 g/mol. The Labute approximate surface area is 95.2 Å². The maximum atomic E-state index is 10.8. The number of carbonyl (C=O) groups is 1. The minimum absolute atomic E-state index is 0.342. The van der Waals surface area contributed by atoms with E-state index in [1.165, 1.54) is 0 Å². The zero-order valence-corrected chi connectivity index (χ0v) is 9.62. The summed E-state index contributed by atoms with van der Waals surface area (Å²) in [4.78, 5) is 10.8. The SMILES string of the molecule is COc1ccc(CCNC(=O)CO)cc1C. The number of nitrogens with one attached hydrogen (secondary N) is 1. The maximum Gasteiger partial charge on any atom is 0.245 e. The summed E-state index contributed by atoms with van der Waals surface area (Å²) in [6, 6.07) is 5.92. The van der Waals surface area contributed by atoms with Gasteiger partial charge in [0.05, 0.1) is 7.11 Å². The summed E-state index contributed by atoms with van der Waals surface area (Å²) in [5.41, 5.74) is 2.21. The van der Waals surface area contributed by atoms with E-state index in [0.29, 0.717) is 6.54 Å². The molecule has 0 radical (unpaired) electrons. The van der Waals surface area contributed by atoms with Crippen LogP contribution in [0.15, 0.2) is 18.2 Å². The van der Waals surface area contributed by atoms with Crippen molar-refractivity contribution in [3.63, 3.8) is 0 Å². The van der Waals surface area contributed by atoms with Crippen molar-refractivity contribution < 1.29 is 14.6 Å². The summed E-state index contributed by atoms with van der Waals surface area (Å²) in [7, 11) is 1.64. The molecule has 0 atom stereocenters. The first-order valence-corrected chi connectivity index (χ1v) is 5.18. The van der Waals surface area contributed by atoms with E-state index in [9.17, 15) is 4.79 Å². The number of hydrogen-bond acceptors (Lipinski definition) is 3. The van der Waals surface area contributed by atoms with Gasteiger partial charge in [-0.25, -0.2) is 0 Å². The lowest BCUT2D eigenvalue weighted by Crippen LogP contribution is -2.28. The topological polar surface area (TPSA) is 58.6 Å².